The van der Waals surface area contributed by atoms with E-state index in [4.69, 9.17) is 0 Å². The number of carbonyl (C=O) groups excluding carboxylic acids is 1. The molecule has 0 amide bonds. The van der Waals surface area contributed by atoms with Crippen molar-refractivity contribution in [3.63, 3.8) is 0 Å². The van der Waals surface area contributed by atoms with Gasteiger partial charge in [0.2, 0.25) is 0 Å². The summed E-state index contributed by atoms with van der Waals surface area (Å²) < 4.78 is 0. The van der Waals surface area contributed by atoms with Gasteiger partial charge in [-0.1, -0.05) is 55.5 Å². The Morgan fingerprint density at radius 3 is 2.24 bits per heavy atom. The van der Waals surface area contributed by atoms with Crippen molar-refractivity contribution >= 4 is 19.0 Å². The first-order valence-corrected chi connectivity index (χ1v) is 10.1. The van der Waals surface area contributed by atoms with Gasteiger partial charge in [0, 0.05) is 12.3 Å². The van der Waals surface area contributed by atoms with Crippen LogP contribution in [0.4, 0.5) is 0 Å². The molecular formula is C15H22OSi. The van der Waals surface area contributed by atoms with Crippen LogP contribution in [-0.2, 0) is 4.79 Å². The summed E-state index contributed by atoms with van der Waals surface area (Å²) >= 11 is 0. The quantitative estimate of drug-likeness (QED) is 0.730. The minimum Gasteiger partial charge on any atom is -0.299 e. The lowest BCUT2D eigenvalue weighted by molar-refractivity contribution is -0.121. The van der Waals surface area contributed by atoms with Gasteiger partial charge in [-0.05, 0) is 18.4 Å². The second kappa shape index (κ2) is 4.77. The zero-order chi connectivity index (χ0) is 12.5. The number of ketones is 1. The zero-order valence-corrected chi connectivity index (χ0v) is 12.1. The van der Waals surface area contributed by atoms with Crippen molar-refractivity contribution in [2.75, 3.05) is 0 Å². The highest BCUT2D eigenvalue weighted by molar-refractivity contribution is 6.88. The number of hydrogen-bond acceptors (Lipinski definition) is 1. The van der Waals surface area contributed by atoms with Crippen LogP contribution in [0.1, 0.15) is 37.2 Å². The average Bonchev–Trinajstić information content (AvgIpc) is 2.29. The highest BCUT2D eigenvalue weighted by atomic mass is 28.3. The first-order chi connectivity index (χ1) is 7.98. The Bertz CT molecular complexity index is 400. The van der Waals surface area contributed by atoms with Crippen LogP contribution in [0.15, 0.2) is 24.3 Å². The number of hydrogen-bond donors (Lipinski definition) is 0. The van der Waals surface area contributed by atoms with E-state index in [0.717, 1.165) is 19.3 Å². The molecule has 2 rings (SSSR count). The number of Topliss-reactive ketones (excluding diaryl/α,β-unsaturated/α-hetero) is 1. The van der Waals surface area contributed by atoms with Gasteiger partial charge in [0.1, 0.15) is 5.78 Å². The van der Waals surface area contributed by atoms with E-state index in [1.165, 1.54) is 17.2 Å². The predicted molar refractivity (Wildman–Crippen MR) is 75.6 cm³/mol. The second-order valence-corrected chi connectivity index (χ2v) is 11.2. The third kappa shape index (κ3) is 2.86. The second-order valence-electron chi connectivity index (χ2n) is 6.14. The molecule has 1 aromatic rings. The van der Waals surface area contributed by atoms with Gasteiger partial charge in [-0.15, -0.1) is 0 Å². The van der Waals surface area contributed by atoms with E-state index in [2.05, 4.69) is 43.9 Å². The van der Waals surface area contributed by atoms with Crippen molar-refractivity contribution in [3.8, 4) is 0 Å². The monoisotopic (exact) mass is 246 g/mol. The summed E-state index contributed by atoms with van der Waals surface area (Å²) in [5, 5.41) is 1.48. The molecule has 92 valence electrons. The molecule has 17 heavy (non-hydrogen) atoms. The molecule has 1 fully saturated rings. The van der Waals surface area contributed by atoms with Crippen molar-refractivity contribution in [2.24, 2.45) is 0 Å². The van der Waals surface area contributed by atoms with E-state index in [-0.39, 0.29) is 5.92 Å². The van der Waals surface area contributed by atoms with E-state index in [1.807, 2.05) is 0 Å². The summed E-state index contributed by atoms with van der Waals surface area (Å²) in [6, 6.07) is 8.84. The van der Waals surface area contributed by atoms with Gasteiger partial charge in [0.15, 0.2) is 0 Å². The first kappa shape index (κ1) is 12.6. The van der Waals surface area contributed by atoms with Crippen molar-refractivity contribution < 1.29 is 4.79 Å². The molecule has 0 spiro atoms. The Balaban J connectivity index is 2.20. The molecule has 1 nitrogen and oxygen atoms in total. The number of benzene rings is 1. The van der Waals surface area contributed by atoms with Crippen molar-refractivity contribution in [1.82, 2.24) is 0 Å². The summed E-state index contributed by atoms with van der Waals surface area (Å²) in [6.45, 7) is 7.06. The van der Waals surface area contributed by atoms with E-state index < -0.39 is 8.07 Å². The number of rotatable bonds is 2. The average molecular weight is 246 g/mol. The van der Waals surface area contributed by atoms with Gasteiger partial charge in [-0.2, -0.15) is 0 Å². The van der Waals surface area contributed by atoms with Gasteiger partial charge in [0.05, 0.1) is 8.07 Å². The van der Waals surface area contributed by atoms with Crippen molar-refractivity contribution in [3.05, 3.63) is 29.8 Å². The standard InChI is InChI=1S/C15H22OSi/c1-17(2,3)13-10-8-12(9-11-13)14-6-4-5-7-15(14)16/h8-11,14H,4-7H2,1-3H3. The minimum absolute atomic E-state index is 0.180. The Morgan fingerprint density at radius 1 is 1.06 bits per heavy atom. The van der Waals surface area contributed by atoms with Crippen LogP contribution >= 0.6 is 0 Å². The van der Waals surface area contributed by atoms with Crippen LogP contribution in [0.3, 0.4) is 0 Å². The molecule has 2 heteroatoms. The fourth-order valence-electron chi connectivity index (χ4n) is 2.55. The summed E-state index contributed by atoms with van der Waals surface area (Å²) in [4.78, 5) is 11.9. The highest BCUT2D eigenvalue weighted by Gasteiger charge is 2.24. The molecule has 1 aliphatic rings. The van der Waals surface area contributed by atoms with Gasteiger partial charge in [-0.25, -0.2) is 0 Å². The lowest BCUT2D eigenvalue weighted by atomic mass is 9.83. The van der Waals surface area contributed by atoms with Crippen LogP contribution in [-0.4, -0.2) is 13.9 Å². The Kier molecular flexibility index (Phi) is 3.52. The van der Waals surface area contributed by atoms with E-state index in [1.54, 1.807) is 0 Å². The smallest absolute Gasteiger partial charge is 0.140 e. The molecule has 1 unspecified atom stereocenters. The van der Waals surface area contributed by atoms with Crippen LogP contribution in [0.2, 0.25) is 19.6 Å². The highest BCUT2D eigenvalue weighted by Crippen LogP contribution is 2.29. The predicted octanol–water partition coefficient (Wildman–Crippen LogP) is 3.46. The lowest BCUT2D eigenvalue weighted by Crippen LogP contribution is -2.37. The molecule has 0 heterocycles. The zero-order valence-electron chi connectivity index (χ0n) is 11.1. The maximum absolute atomic E-state index is 11.9. The molecule has 1 atom stereocenters. The van der Waals surface area contributed by atoms with Crippen molar-refractivity contribution in [2.45, 2.75) is 51.2 Å². The van der Waals surface area contributed by atoms with Crippen LogP contribution in [0.5, 0.6) is 0 Å². The maximum Gasteiger partial charge on any atom is 0.140 e. The Morgan fingerprint density at radius 2 is 1.71 bits per heavy atom. The third-order valence-corrected chi connectivity index (χ3v) is 5.80. The van der Waals surface area contributed by atoms with Crippen LogP contribution in [0, 0.1) is 0 Å². The first-order valence-electron chi connectivity index (χ1n) is 6.61. The van der Waals surface area contributed by atoms with Gasteiger partial charge in [-0.3, -0.25) is 4.79 Å². The fourth-order valence-corrected chi connectivity index (χ4v) is 3.72. The van der Waals surface area contributed by atoms with Gasteiger partial charge in [0.25, 0.3) is 0 Å². The molecule has 0 aliphatic heterocycles. The van der Waals surface area contributed by atoms with Gasteiger partial charge < -0.3 is 0 Å². The molecule has 1 aromatic carbocycles. The largest absolute Gasteiger partial charge is 0.299 e. The molecule has 0 aromatic heterocycles. The molecule has 0 radical (unpaired) electrons. The summed E-state index contributed by atoms with van der Waals surface area (Å²) in [6.07, 6.45) is 4.11. The maximum atomic E-state index is 11.9. The summed E-state index contributed by atoms with van der Waals surface area (Å²) in [5.74, 6) is 0.622. The molecule has 0 bridgehead atoms. The van der Waals surface area contributed by atoms with Crippen molar-refractivity contribution in [1.29, 1.82) is 0 Å². The van der Waals surface area contributed by atoms with Gasteiger partial charge >= 0.3 is 0 Å². The van der Waals surface area contributed by atoms with E-state index in [9.17, 15) is 4.79 Å². The third-order valence-electron chi connectivity index (χ3n) is 3.73. The molecule has 1 aliphatic carbocycles. The topological polar surface area (TPSA) is 17.1 Å². The Hall–Kier alpha value is -0.893. The molecular weight excluding hydrogens is 224 g/mol. The number of carbonyl (C=O) groups is 1. The van der Waals surface area contributed by atoms with E-state index in [0.29, 0.717) is 5.78 Å². The van der Waals surface area contributed by atoms with Crippen LogP contribution < -0.4 is 5.19 Å². The SMILES string of the molecule is C[Si](C)(C)c1ccc(C2CCCCC2=O)cc1. The minimum atomic E-state index is -1.21. The normalized spacial score (nSPS) is 21.6. The lowest BCUT2D eigenvalue weighted by Gasteiger charge is -2.22. The summed E-state index contributed by atoms with van der Waals surface area (Å²) in [7, 11) is -1.21. The fraction of sp³-hybridized carbons (Fsp3) is 0.533. The summed E-state index contributed by atoms with van der Waals surface area (Å²) in [5.41, 5.74) is 1.23. The molecule has 1 saturated carbocycles. The molecule has 0 N–H and O–H groups in total. The molecule has 0 saturated heterocycles. The van der Waals surface area contributed by atoms with Crippen LogP contribution in [0.25, 0.3) is 0 Å². The Labute approximate surface area is 105 Å². The van der Waals surface area contributed by atoms with E-state index >= 15 is 0 Å².